The van der Waals surface area contributed by atoms with Crippen LogP contribution >= 0.6 is 0 Å². The van der Waals surface area contributed by atoms with Crippen molar-refractivity contribution in [3.8, 4) is 0 Å². The SMILES string of the molecule is CCCCC/C=C\CCCCCCCC(=O)OCCCCCCCCCCCCCCCCC(=O)NC(CO)C(O)/C=C/CCCCCCCCCCCCCC. The van der Waals surface area contributed by atoms with E-state index >= 15 is 0 Å². The van der Waals surface area contributed by atoms with Gasteiger partial charge in [0.1, 0.15) is 0 Å². The molecule has 2 unspecified atom stereocenters. The third-order valence-corrected chi connectivity index (χ3v) is 11.5. The standard InChI is InChI=1S/C51H97NO5/c1-3-5-7-9-11-13-15-17-20-23-27-31-35-39-43-49(54)48(47-53)52-50(55)44-40-36-32-28-24-21-18-19-22-26-30-34-38-42-46-57-51(56)45-41-37-33-29-25-16-14-12-10-8-6-4-2/h12,14,39,43,48-49,53-54H,3-11,13,15-38,40-42,44-47H2,1-2H3,(H,52,55)/b14-12-,43-39+. The second-order valence-corrected chi connectivity index (χ2v) is 17.1. The number of allylic oxidation sites excluding steroid dienone is 3. The highest BCUT2D eigenvalue weighted by Crippen LogP contribution is 2.16. The van der Waals surface area contributed by atoms with Crippen molar-refractivity contribution in [1.82, 2.24) is 5.32 Å². The van der Waals surface area contributed by atoms with Crippen molar-refractivity contribution in [2.24, 2.45) is 0 Å². The molecule has 57 heavy (non-hydrogen) atoms. The van der Waals surface area contributed by atoms with Crippen molar-refractivity contribution in [3.63, 3.8) is 0 Å². The molecule has 6 nitrogen and oxygen atoms in total. The van der Waals surface area contributed by atoms with E-state index in [1.165, 1.54) is 180 Å². The Kier molecular flexibility index (Phi) is 45.7. The summed E-state index contributed by atoms with van der Waals surface area (Å²) in [5, 5.41) is 23.0. The average molecular weight is 804 g/mol. The summed E-state index contributed by atoms with van der Waals surface area (Å²) >= 11 is 0. The highest BCUT2D eigenvalue weighted by molar-refractivity contribution is 5.76. The molecular weight excluding hydrogens is 707 g/mol. The van der Waals surface area contributed by atoms with E-state index < -0.39 is 12.1 Å². The molecule has 0 aromatic rings. The van der Waals surface area contributed by atoms with Gasteiger partial charge in [0.2, 0.25) is 5.91 Å². The van der Waals surface area contributed by atoms with Gasteiger partial charge in [0.25, 0.3) is 0 Å². The number of hydrogen-bond donors (Lipinski definition) is 3. The quantitative estimate of drug-likeness (QED) is 0.0324. The summed E-state index contributed by atoms with van der Waals surface area (Å²) in [5.74, 6) is -0.0929. The van der Waals surface area contributed by atoms with Crippen molar-refractivity contribution in [3.05, 3.63) is 24.3 Å². The first-order chi connectivity index (χ1) is 28.0. The van der Waals surface area contributed by atoms with E-state index in [9.17, 15) is 19.8 Å². The van der Waals surface area contributed by atoms with Gasteiger partial charge in [-0.2, -0.15) is 0 Å². The summed E-state index contributed by atoms with van der Waals surface area (Å²) in [6.07, 6.45) is 54.5. The van der Waals surface area contributed by atoms with Crippen LogP contribution in [0.4, 0.5) is 0 Å². The predicted octanol–water partition coefficient (Wildman–Crippen LogP) is 14.7. The van der Waals surface area contributed by atoms with Gasteiger partial charge in [-0.25, -0.2) is 0 Å². The number of aliphatic hydroxyl groups excluding tert-OH is 2. The Labute approximate surface area is 354 Å². The molecule has 0 fully saturated rings. The van der Waals surface area contributed by atoms with E-state index in [1.54, 1.807) is 6.08 Å². The van der Waals surface area contributed by atoms with Crippen LogP contribution in [0.2, 0.25) is 0 Å². The zero-order chi connectivity index (χ0) is 41.5. The topological polar surface area (TPSA) is 95.9 Å². The predicted molar refractivity (Wildman–Crippen MR) is 246 cm³/mol. The maximum Gasteiger partial charge on any atom is 0.305 e. The molecule has 6 heteroatoms. The van der Waals surface area contributed by atoms with E-state index in [1.807, 2.05) is 6.08 Å². The largest absolute Gasteiger partial charge is 0.466 e. The lowest BCUT2D eigenvalue weighted by atomic mass is 10.0. The van der Waals surface area contributed by atoms with Crippen molar-refractivity contribution >= 4 is 11.9 Å². The van der Waals surface area contributed by atoms with Crippen LogP contribution in [0.5, 0.6) is 0 Å². The fourth-order valence-electron chi connectivity index (χ4n) is 7.57. The van der Waals surface area contributed by atoms with Crippen LogP contribution in [0.3, 0.4) is 0 Å². The summed E-state index contributed by atoms with van der Waals surface area (Å²) in [6.45, 7) is 4.85. The molecule has 0 aliphatic heterocycles. The van der Waals surface area contributed by atoms with Gasteiger partial charge in [0.05, 0.1) is 25.4 Å². The zero-order valence-corrected chi connectivity index (χ0v) is 38.1. The van der Waals surface area contributed by atoms with Gasteiger partial charge in [-0.15, -0.1) is 0 Å². The number of nitrogens with one attached hydrogen (secondary N) is 1. The summed E-state index contributed by atoms with van der Waals surface area (Å²) in [5.41, 5.74) is 0. The summed E-state index contributed by atoms with van der Waals surface area (Å²) in [7, 11) is 0. The van der Waals surface area contributed by atoms with Crippen LogP contribution in [0.1, 0.15) is 264 Å². The number of carbonyl (C=O) groups is 2. The average Bonchev–Trinajstić information content (AvgIpc) is 3.21. The molecule has 0 aromatic carbocycles. The number of carbonyl (C=O) groups excluding carboxylic acids is 2. The summed E-state index contributed by atoms with van der Waals surface area (Å²) in [4.78, 5) is 24.4. The van der Waals surface area contributed by atoms with E-state index in [2.05, 4.69) is 31.3 Å². The number of hydrogen-bond acceptors (Lipinski definition) is 5. The molecule has 0 aliphatic rings. The van der Waals surface area contributed by atoms with Gasteiger partial charge in [0, 0.05) is 12.8 Å². The fraction of sp³-hybridized carbons (Fsp3) is 0.882. The molecule has 0 saturated carbocycles. The Morgan fingerprint density at radius 2 is 0.825 bits per heavy atom. The van der Waals surface area contributed by atoms with Crippen molar-refractivity contribution in [1.29, 1.82) is 0 Å². The molecule has 0 rings (SSSR count). The van der Waals surface area contributed by atoms with Gasteiger partial charge in [-0.1, -0.05) is 218 Å². The third-order valence-electron chi connectivity index (χ3n) is 11.5. The first kappa shape index (κ1) is 55.3. The number of amides is 1. The molecule has 2 atom stereocenters. The molecule has 0 spiro atoms. The smallest absolute Gasteiger partial charge is 0.305 e. The Hall–Kier alpha value is -1.66. The molecule has 3 N–H and O–H groups in total. The van der Waals surface area contributed by atoms with E-state index in [0.717, 1.165) is 57.8 Å². The zero-order valence-electron chi connectivity index (χ0n) is 38.1. The second-order valence-electron chi connectivity index (χ2n) is 17.1. The van der Waals surface area contributed by atoms with Crippen LogP contribution in [-0.2, 0) is 14.3 Å². The Morgan fingerprint density at radius 1 is 0.474 bits per heavy atom. The maximum absolute atomic E-state index is 12.4. The number of unbranched alkanes of at least 4 members (excludes halogenated alkanes) is 33. The van der Waals surface area contributed by atoms with Gasteiger partial charge >= 0.3 is 5.97 Å². The van der Waals surface area contributed by atoms with Crippen LogP contribution in [0, 0.1) is 0 Å². The first-order valence-corrected chi connectivity index (χ1v) is 25.1. The van der Waals surface area contributed by atoms with Crippen LogP contribution in [0.25, 0.3) is 0 Å². The van der Waals surface area contributed by atoms with Crippen LogP contribution in [0.15, 0.2) is 24.3 Å². The van der Waals surface area contributed by atoms with E-state index in [4.69, 9.17) is 4.74 Å². The lowest BCUT2D eigenvalue weighted by Crippen LogP contribution is -2.45. The highest BCUT2D eigenvalue weighted by Gasteiger charge is 2.18. The number of rotatable bonds is 46. The lowest BCUT2D eigenvalue weighted by molar-refractivity contribution is -0.143. The number of aliphatic hydroxyl groups is 2. The third kappa shape index (κ3) is 43.7. The molecule has 1 amide bonds. The molecule has 336 valence electrons. The second kappa shape index (κ2) is 47.0. The van der Waals surface area contributed by atoms with Gasteiger partial charge in [-0.05, 0) is 57.8 Å². The van der Waals surface area contributed by atoms with Gasteiger partial charge < -0.3 is 20.3 Å². The molecule has 0 aromatic heterocycles. The maximum atomic E-state index is 12.4. The number of ether oxygens (including phenoxy) is 1. The van der Waals surface area contributed by atoms with Gasteiger partial charge in [0.15, 0.2) is 0 Å². The van der Waals surface area contributed by atoms with Crippen molar-refractivity contribution < 1.29 is 24.5 Å². The van der Waals surface area contributed by atoms with E-state index in [0.29, 0.717) is 19.4 Å². The molecule has 0 heterocycles. The Bertz CT molecular complexity index is 889. The van der Waals surface area contributed by atoms with Crippen LogP contribution in [-0.4, -0.2) is 47.4 Å². The lowest BCUT2D eigenvalue weighted by Gasteiger charge is -2.20. The molecule has 0 radical (unpaired) electrons. The van der Waals surface area contributed by atoms with Gasteiger partial charge in [-0.3, -0.25) is 9.59 Å². The minimum Gasteiger partial charge on any atom is -0.466 e. The monoisotopic (exact) mass is 804 g/mol. The summed E-state index contributed by atoms with van der Waals surface area (Å²) in [6, 6.07) is -0.635. The first-order valence-electron chi connectivity index (χ1n) is 25.1. The van der Waals surface area contributed by atoms with Crippen LogP contribution < -0.4 is 5.32 Å². The van der Waals surface area contributed by atoms with Crippen molar-refractivity contribution in [2.45, 2.75) is 276 Å². The minimum atomic E-state index is -0.850. The number of esters is 1. The van der Waals surface area contributed by atoms with E-state index in [-0.39, 0.29) is 18.5 Å². The molecule has 0 aliphatic carbocycles. The highest BCUT2D eigenvalue weighted by atomic mass is 16.5. The Morgan fingerprint density at radius 3 is 1.28 bits per heavy atom. The minimum absolute atomic E-state index is 0.0139. The molecule has 0 bridgehead atoms. The van der Waals surface area contributed by atoms with Crippen molar-refractivity contribution in [2.75, 3.05) is 13.2 Å². The summed E-state index contributed by atoms with van der Waals surface area (Å²) < 4.78 is 5.44. The Balaban J connectivity index is 3.49. The normalized spacial score (nSPS) is 12.8. The fourth-order valence-corrected chi connectivity index (χ4v) is 7.57. The molecule has 0 saturated heterocycles. The molecular formula is C51H97NO5.